The van der Waals surface area contributed by atoms with Gasteiger partial charge < -0.3 is 9.64 Å². The Hall–Kier alpha value is -2.64. The van der Waals surface area contributed by atoms with Gasteiger partial charge in [-0.25, -0.2) is 4.79 Å². The maximum absolute atomic E-state index is 12.4. The van der Waals surface area contributed by atoms with Gasteiger partial charge in [-0.1, -0.05) is 37.0 Å². The van der Waals surface area contributed by atoms with E-state index in [-0.39, 0.29) is 21.8 Å². The highest BCUT2D eigenvalue weighted by Crippen LogP contribution is 2.34. The molecule has 1 saturated heterocycles. The molecule has 0 unspecified atom stereocenters. The first-order valence-electron chi connectivity index (χ1n) is 9.84. The molecule has 1 fully saturated rings. The summed E-state index contributed by atoms with van der Waals surface area (Å²) in [7, 11) is 0. The minimum Gasteiger partial charge on any atom is -0.454 e. The summed E-state index contributed by atoms with van der Waals surface area (Å²) < 4.78 is 5.07. The molecule has 0 aliphatic carbocycles. The zero-order valence-electron chi connectivity index (χ0n) is 17.1. The fourth-order valence-electron chi connectivity index (χ4n) is 3.89. The Morgan fingerprint density at radius 3 is 2.32 bits per heavy atom. The second kappa shape index (κ2) is 9.66. The van der Waals surface area contributed by atoms with E-state index in [0.29, 0.717) is 35.6 Å². The van der Waals surface area contributed by atoms with Crippen LogP contribution in [0, 0.1) is 22.0 Å². The fraction of sp³-hybridized carbons (Fsp3) is 0.364. The third kappa shape index (κ3) is 5.54. The Morgan fingerprint density at radius 2 is 1.71 bits per heavy atom. The largest absolute Gasteiger partial charge is 0.454 e. The lowest BCUT2D eigenvalue weighted by Gasteiger charge is -2.36. The second-order valence-electron chi connectivity index (χ2n) is 7.94. The molecule has 0 bridgehead atoms. The Morgan fingerprint density at radius 1 is 1.06 bits per heavy atom. The minimum absolute atomic E-state index is 0.00972. The lowest BCUT2D eigenvalue weighted by molar-refractivity contribution is -0.384. The van der Waals surface area contributed by atoms with Gasteiger partial charge in [-0.15, -0.1) is 0 Å². The third-order valence-corrected chi connectivity index (χ3v) is 5.93. The van der Waals surface area contributed by atoms with E-state index in [2.05, 4.69) is 13.8 Å². The van der Waals surface area contributed by atoms with Gasteiger partial charge in [-0.3, -0.25) is 14.9 Å². The molecule has 2 atom stereocenters. The molecule has 1 aliphatic heterocycles. The number of esters is 1. The van der Waals surface area contributed by atoms with Crippen molar-refractivity contribution in [3.05, 3.63) is 67.7 Å². The quantitative estimate of drug-likeness (QED) is 0.245. The molecular formula is C22H22Cl2N2O5. The highest BCUT2D eigenvalue weighted by atomic mass is 35.5. The molecule has 31 heavy (non-hydrogen) atoms. The number of hydrogen-bond acceptors (Lipinski definition) is 6. The Kier molecular flexibility index (Phi) is 7.18. The lowest BCUT2D eigenvalue weighted by Crippen LogP contribution is -2.39. The zero-order valence-corrected chi connectivity index (χ0v) is 18.7. The summed E-state index contributed by atoms with van der Waals surface area (Å²) >= 11 is 11.7. The number of ketones is 1. The van der Waals surface area contributed by atoms with Crippen LogP contribution in [-0.2, 0) is 4.74 Å². The van der Waals surface area contributed by atoms with Gasteiger partial charge in [0.25, 0.3) is 5.69 Å². The first-order valence-corrected chi connectivity index (χ1v) is 10.6. The third-order valence-electron chi connectivity index (χ3n) is 5.19. The van der Waals surface area contributed by atoms with Gasteiger partial charge in [0.15, 0.2) is 12.4 Å². The fourth-order valence-corrected chi connectivity index (χ4v) is 4.19. The van der Waals surface area contributed by atoms with Crippen molar-refractivity contribution >= 4 is 46.3 Å². The summed E-state index contributed by atoms with van der Waals surface area (Å²) in [4.78, 5) is 37.8. The summed E-state index contributed by atoms with van der Waals surface area (Å²) in [6.45, 7) is 5.14. The number of halogens is 2. The number of ether oxygens (including phenoxy) is 1. The van der Waals surface area contributed by atoms with E-state index in [4.69, 9.17) is 27.9 Å². The van der Waals surface area contributed by atoms with Crippen molar-refractivity contribution in [1.82, 2.24) is 0 Å². The van der Waals surface area contributed by atoms with Gasteiger partial charge >= 0.3 is 5.97 Å². The number of nitro groups is 1. The minimum atomic E-state index is -0.816. The number of benzene rings is 2. The maximum Gasteiger partial charge on any atom is 0.338 e. The highest BCUT2D eigenvalue weighted by Gasteiger charge is 2.28. The first kappa shape index (κ1) is 23.0. The zero-order chi connectivity index (χ0) is 22.7. The number of Topliss-reactive ketones (excluding diaryl/α,β-unsaturated/α-hetero) is 1. The van der Waals surface area contributed by atoms with E-state index in [9.17, 15) is 19.7 Å². The van der Waals surface area contributed by atoms with Crippen LogP contribution in [0.15, 0.2) is 36.4 Å². The molecule has 0 radical (unpaired) electrons. The number of nitro benzene ring substituents is 1. The van der Waals surface area contributed by atoms with Gasteiger partial charge in [0.2, 0.25) is 0 Å². The van der Waals surface area contributed by atoms with Crippen LogP contribution in [0.1, 0.15) is 41.0 Å². The van der Waals surface area contributed by atoms with E-state index in [0.717, 1.165) is 6.42 Å². The molecule has 0 aromatic heterocycles. The van der Waals surface area contributed by atoms with Crippen LogP contribution in [0.4, 0.5) is 11.4 Å². The Labute approximate surface area is 190 Å². The number of hydrogen-bond donors (Lipinski definition) is 0. The molecule has 2 aromatic rings. The molecule has 2 aromatic carbocycles. The van der Waals surface area contributed by atoms with Crippen LogP contribution >= 0.6 is 23.2 Å². The number of carbonyl (C=O) groups is 2. The van der Waals surface area contributed by atoms with Crippen molar-refractivity contribution < 1.29 is 19.2 Å². The monoisotopic (exact) mass is 464 g/mol. The number of anilines is 1. The summed E-state index contributed by atoms with van der Waals surface area (Å²) in [5.74, 6) is -0.446. The molecule has 1 heterocycles. The lowest BCUT2D eigenvalue weighted by atomic mass is 9.91. The SMILES string of the molecule is C[C@@H]1C[C@@H](C)CN(c2ccc(C(=O)OCC(=O)c3ccc(Cl)c(Cl)c3)cc2[N+](=O)[O-])C1. The molecule has 0 N–H and O–H groups in total. The predicted octanol–water partition coefficient (Wildman–Crippen LogP) is 5.42. The standard InChI is InChI=1S/C22H22Cl2N2O5/c1-13-7-14(2)11-25(10-13)19-6-4-16(9-20(19)26(29)30)22(28)31-12-21(27)15-3-5-17(23)18(24)8-15/h3-6,8-9,13-14H,7,10-12H2,1-2H3/t13-,14-/m1/s1. The predicted molar refractivity (Wildman–Crippen MR) is 119 cm³/mol. The number of piperidine rings is 1. The average molecular weight is 465 g/mol. The van der Waals surface area contributed by atoms with Crippen LogP contribution < -0.4 is 4.90 Å². The van der Waals surface area contributed by atoms with Crippen LogP contribution in [0.5, 0.6) is 0 Å². The van der Waals surface area contributed by atoms with E-state index >= 15 is 0 Å². The van der Waals surface area contributed by atoms with Gasteiger partial charge in [-0.05, 0) is 48.6 Å². The van der Waals surface area contributed by atoms with Crippen LogP contribution in [0.2, 0.25) is 10.0 Å². The van der Waals surface area contributed by atoms with Gasteiger partial charge in [0, 0.05) is 24.7 Å². The van der Waals surface area contributed by atoms with Crippen molar-refractivity contribution in [3.63, 3.8) is 0 Å². The van der Waals surface area contributed by atoms with Gasteiger partial charge in [0.1, 0.15) is 5.69 Å². The molecule has 0 saturated carbocycles. The second-order valence-corrected chi connectivity index (χ2v) is 8.75. The van der Waals surface area contributed by atoms with Crippen molar-refractivity contribution in [2.24, 2.45) is 11.8 Å². The smallest absolute Gasteiger partial charge is 0.338 e. The van der Waals surface area contributed by atoms with Gasteiger partial charge in [-0.2, -0.15) is 0 Å². The molecule has 7 nitrogen and oxygen atoms in total. The van der Waals surface area contributed by atoms with Crippen molar-refractivity contribution in [2.45, 2.75) is 20.3 Å². The van der Waals surface area contributed by atoms with Crippen molar-refractivity contribution in [3.8, 4) is 0 Å². The summed E-state index contributed by atoms with van der Waals surface area (Å²) in [6, 6.07) is 8.60. The molecule has 0 amide bonds. The van der Waals surface area contributed by atoms with Crippen molar-refractivity contribution in [1.29, 1.82) is 0 Å². The molecule has 3 rings (SSSR count). The van der Waals surface area contributed by atoms with Crippen LogP contribution in [0.25, 0.3) is 0 Å². The number of rotatable bonds is 6. The highest BCUT2D eigenvalue weighted by molar-refractivity contribution is 6.42. The Balaban J connectivity index is 1.74. The van der Waals surface area contributed by atoms with Crippen molar-refractivity contribution in [2.75, 3.05) is 24.6 Å². The molecule has 0 spiro atoms. The average Bonchev–Trinajstić information content (AvgIpc) is 2.72. The Bertz CT molecular complexity index is 1020. The van der Waals surface area contributed by atoms with E-state index in [1.165, 1.54) is 30.3 Å². The summed E-state index contributed by atoms with van der Waals surface area (Å²) in [5, 5.41) is 12.2. The van der Waals surface area contributed by atoms with E-state index in [1.807, 2.05) is 4.90 Å². The van der Waals surface area contributed by atoms with E-state index < -0.39 is 23.3 Å². The topological polar surface area (TPSA) is 89.8 Å². The van der Waals surface area contributed by atoms with Crippen LogP contribution in [0.3, 0.4) is 0 Å². The van der Waals surface area contributed by atoms with Gasteiger partial charge in [0.05, 0.1) is 20.5 Å². The summed E-state index contributed by atoms with van der Waals surface area (Å²) in [6.07, 6.45) is 1.07. The molecule has 9 heteroatoms. The number of carbonyl (C=O) groups excluding carboxylic acids is 2. The summed E-state index contributed by atoms with van der Waals surface area (Å²) in [5.41, 5.74) is 0.575. The molecule has 164 valence electrons. The maximum atomic E-state index is 12.4. The molecular weight excluding hydrogens is 443 g/mol. The normalized spacial score (nSPS) is 18.5. The number of nitrogens with zero attached hydrogens (tertiary/aromatic N) is 2. The van der Waals surface area contributed by atoms with E-state index in [1.54, 1.807) is 6.07 Å². The van der Waals surface area contributed by atoms with Crippen LogP contribution in [-0.4, -0.2) is 36.4 Å². The first-order chi connectivity index (χ1) is 14.7. The molecule has 1 aliphatic rings.